The summed E-state index contributed by atoms with van der Waals surface area (Å²) in [5, 5.41) is 21.2. The lowest BCUT2D eigenvalue weighted by atomic mass is 10.1. The number of nitrogens with zero attached hydrogens (tertiary/aromatic N) is 2. The van der Waals surface area contributed by atoms with Crippen LogP contribution in [-0.4, -0.2) is 31.9 Å². The number of rotatable bonds is 3. The maximum Gasteiger partial charge on any atom is 0.230 e. The van der Waals surface area contributed by atoms with Crippen molar-refractivity contribution < 1.29 is 19.8 Å². The minimum Gasteiger partial charge on any atom is -0.504 e. The second-order valence-electron chi connectivity index (χ2n) is 4.70. The molecule has 6 nitrogen and oxygen atoms in total. The van der Waals surface area contributed by atoms with E-state index in [1.54, 1.807) is 11.4 Å². The summed E-state index contributed by atoms with van der Waals surface area (Å²) < 4.78 is 0. The predicted molar refractivity (Wildman–Crippen MR) is 75.7 cm³/mol. The maximum atomic E-state index is 11.6. The van der Waals surface area contributed by atoms with Crippen LogP contribution in [0.15, 0.2) is 23.6 Å². The number of hydrogen-bond donors (Lipinski definition) is 2. The predicted octanol–water partition coefficient (Wildman–Crippen LogP) is 1.87. The molecule has 2 amide bonds. The van der Waals surface area contributed by atoms with Gasteiger partial charge in [0, 0.05) is 23.8 Å². The maximum absolute atomic E-state index is 11.6. The number of carbonyl (C=O) groups excluding carboxylic acids is 2. The Balaban J connectivity index is 1.81. The van der Waals surface area contributed by atoms with Gasteiger partial charge in [-0.3, -0.25) is 14.5 Å². The van der Waals surface area contributed by atoms with Crippen molar-refractivity contribution in [2.45, 2.75) is 19.4 Å². The molecular formula is C14H12N2O4S. The largest absolute Gasteiger partial charge is 0.504 e. The Bertz CT molecular complexity index is 710. The first-order chi connectivity index (χ1) is 10.0. The first-order valence-corrected chi connectivity index (χ1v) is 7.22. The molecule has 2 N–H and O–H groups in total. The van der Waals surface area contributed by atoms with E-state index in [0.717, 1.165) is 0 Å². The number of hydrogen-bond acceptors (Lipinski definition) is 6. The minimum absolute atomic E-state index is 0.168. The lowest BCUT2D eigenvalue weighted by Gasteiger charge is -2.10. The molecule has 0 unspecified atom stereocenters. The Morgan fingerprint density at radius 2 is 1.86 bits per heavy atom. The number of benzene rings is 1. The highest BCUT2D eigenvalue weighted by Crippen LogP contribution is 2.31. The molecule has 0 radical (unpaired) electrons. The molecule has 0 bridgehead atoms. The zero-order valence-corrected chi connectivity index (χ0v) is 11.8. The average Bonchev–Trinajstić information content (AvgIpc) is 3.04. The van der Waals surface area contributed by atoms with Crippen LogP contribution in [-0.2, 0) is 16.1 Å². The molecule has 2 aromatic rings. The number of phenols is 2. The molecule has 2 heterocycles. The number of aromatic hydroxyl groups is 2. The van der Waals surface area contributed by atoms with Gasteiger partial charge in [-0.1, -0.05) is 0 Å². The van der Waals surface area contributed by atoms with E-state index in [1.165, 1.54) is 28.4 Å². The molecule has 0 saturated carbocycles. The molecule has 0 aliphatic carbocycles. The van der Waals surface area contributed by atoms with Crippen LogP contribution in [0.5, 0.6) is 11.5 Å². The zero-order chi connectivity index (χ0) is 15.0. The zero-order valence-electron chi connectivity index (χ0n) is 10.9. The standard InChI is InChI=1S/C14H12N2O4S/c17-10-2-1-8(5-11(10)18)9-7-21-12(15-9)6-16-13(19)3-4-14(16)20/h1-2,5,7,17-18H,3-4,6H2. The summed E-state index contributed by atoms with van der Waals surface area (Å²) in [4.78, 5) is 28.7. The Morgan fingerprint density at radius 1 is 1.14 bits per heavy atom. The van der Waals surface area contributed by atoms with Crippen molar-refractivity contribution in [2.24, 2.45) is 0 Å². The third kappa shape index (κ3) is 2.59. The van der Waals surface area contributed by atoms with Crippen LogP contribution in [0, 0.1) is 0 Å². The van der Waals surface area contributed by atoms with Gasteiger partial charge in [-0.2, -0.15) is 0 Å². The smallest absolute Gasteiger partial charge is 0.230 e. The second-order valence-corrected chi connectivity index (χ2v) is 5.65. The molecule has 1 aromatic carbocycles. The SMILES string of the molecule is O=C1CCC(=O)N1Cc1nc(-c2ccc(O)c(O)c2)cs1. The number of imide groups is 1. The van der Waals surface area contributed by atoms with Gasteiger partial charge in [0.05, 0.1) is 12.2 Å². The van der Waals surface area contributed by atoms with Gasteiger partial charge in [-0.05, 0) is 18.2 Å². The molecule has 1 aromatic heterocycles. The Kier molecular flexibility index (Phi) is 3.34. The molecule has 1 aliphatic rings. The summed E-state index contributed by atoms with van der Waals surface area (Å²) in [7, 11) is 0. The van der Waals surface area contributed by atoms with Gasteiger partial charge < -0.3 is 10.2 Å². The van der Waals surface area contributed by atoms with Crippen LogP contribution in [0.25, 0.3) is 11.3 Å². The Labute approximate surface area is 124 Å². The monoisotopic (exact) mass is 304 g/mol. The van der Waals surface area contributed by atoms with Crippen molar-refractivity contribution in [2.75, 3.05) is 0 Å². The van der Waals surface area contributed by atoms with Crippen molar-refractivity contribution >= 4 is 23.2 Å². The van der Waals surface area contributed by atoms with E-state index in [-0.39, 0.29) is 42.7 Å². The third-order valence-corrected chi connectivity index (χ3v) is 4.10. The van der Waals surface area contributed by atoms with Crippen molar-refractivity contribution in [1.82, 2.24) is 9.88 Å². The molecule has 3 rings (SSSR count). The summed E-state index contributed by atoms with van der Waals surface area (Å²) in [5.74, 6) is -0.743. The lowest BCUT2D eigenvalue weighted by molar-refractivity contribution is -0.139. The van der Waals surface area contributed by atoms with Crippen LogP contribution in [0.1, 0.15) is 17.8 Å². The minimum atomic E-state index is -0.216. The van der Waals surface area contributed by atoms with E-state index in [1.807, 2.05) is 0 Å². The van der Waals surface area contributed by atoms with Crippen LogP contribution >= 0.6 is 11.3 Å². The fourth-order valence-corrected chi connectivity index (χ4v) is 2.92. The van der Waals surface area contributed by atoms with Crippen molar-refractivity contribution in [3.63, 3.8) is 0 Å². The molecule has 1 fully saturated rings. The number of amides is 2. The molecule has 1 saturated heterocycles. The quantitative estimate of drug-likeness (QED) is 0.667. The van der Waals surface area contributed by atoms with Crippen molar-refractivity contribution in [3.8, 4) is 22.8 Å². The number of phenolic OH excluding ortho intramolecular Hbond substituents is 2. The number of thiazole rings is 1. The third-order valence-electron chi connectivity index (χ3n) is 3.27. The van der Waals surface area contributed by atoms with Crippen LogP contribution in [0.4, 0.5) is 0 Å². The Hall–Kier alpha value is -2.41. The molecule has 108 valence electrons. The molecular weight excluding hydrogens is 292 g/mol. The van der Waals surface area contributed by atoms with Gasteiger partial charge in [0.1, 0.15) is 5.01 Å². The second kappa shape index (κ2) is 5.17. The number of carbonyl (C=O) groups is 2. The van der Waals surface area contributed by atoms with Gasteiger partial charge in [-0.15, -0.1) is 11.3 Å². The van der Waals surface area contributed by atoms with Crippen LogP contribution in [0.2, 0.25) is 0 Å². The van der Waals surface area contributed by atoms with Gasteiger partial charge in [-0.25, -0.2) is 4.98 Å². The number of likely N-dealkylation sites (tertiary alicyclic amines) is 1. The highest BCUT2D eigenvalue weighted by atomic mass is 32.1. The molecule has 0 atom stereocenters. The summed E-state index contributed by atoms with van der Waals surface area (Å²) in [5.41, 5.74) is 1.29. The van der Waals surface area contributed by atoms with Gasteiger partial charge in [0.15, 0.2) is 11.5 Å². The van der Waals surface area contributed by atoms with E-state index in [9.17, 15) is 19.8 Å². The fourth-order valence-electron chi connectivity index (χ4n) is 2.13. The van der Waals surface area contributed by atoms with Gasteiger partial charge in [0.25, 0.3) is 0 Å². The van der Waals surface area contributed by atoms with Crippen molar-refractivity contribution in [3.05, 3.63) is 28.6 Å². The number of aromatic nitrogens is 1. The lowest BCUT2D eigenvalue weighted by Crippen LogP contribution is -2.28. The summed E-state index contributed by atoms with van der Waals surface area (Å²) in [6, 6.07) is 4.44. The summed E-state index contributed by atoms with van der Waals surface area (Å²) in [6.07, 6.45) is 0.534. The van der Waals surface area contributed by atoms with E-state index >= 15 is 0 Å². The first-order valence-electron chi connectivity index (χ1n) is 6.34. The topological polar surface area (TPSA) is 90.7 Å². The van der Waals surface area contributed by atoms with E-state index in [4.69, 9.17) is 0 Å². The highest BCUT2D eigenvalue weighted by molar-refractivity contribution is 7.09. The summed E-state index contributed by atoms with van der Waals surface area (Å²) in [6.45, 7) is 0.187. The van der Waals surface area contributed by atoms with E-state index in [0.29, 0.717) is 16.3 Å². The van der Waals surface area contributed by atoms with E-state index in [2.05, 4.69) is 4.98 Å². The fraction of sp³-hybridized carbons (Fsp3) is 0.214. The molecule has 21 heavy (non-hydrogen) atoms. The van der Waals surface area contributed by atoms with Gasteiger partial charge in [0.2, 0.25) is 11.8 Å². The Morgan fingerprint density at radius 3 is 2.52 bits per heavy atom. The molecule has 0 spiro atoms. The highest BCUT2D eigenvalue weighted by Gasteiger charge is 2.29. The first kappa shape index (κ1) is 13.6. The van der Waals surface area contributed by atoms with Crippen molar-refractivity contribution in [1.29, 1.82) is 0 Å². The molecule has 1 aliphatic heterocycles. The normalized spacial score (nSPS) is 15.0. The summed E-state index contributed by atoms with van der Waals surface area (Å²) >= 11 is 1.34. The molecule has 7 heteroatoms. The van der Waals surface area contributed by atoms with E-state index < -0.39 is 0 Å². The average molecular weight is 304 g/mol. The van der Waals surface area contributed by atoms with Crippen LogP contribution < -0.4 is 0 Å². The van der Waals surface area contributed by atoms with Crippen LogP contribution in [0.3, 0.4) is 0 Å². The van der Waals surface area contributed by atoms with Gasteiger partial charge >= 0.3 is 0 Å².